The molecule has 0 bridgehead atoms. The quantitative estimate of drug-likeness (QED) is 0.826. The van der Waals surface area contributed by atoms with E-state index < -0.39 is 5.82 Å². The Hall–Kier alpha value is -2.44. The maximum Gasteiger partial charge on any atom is 0.258 e. The van der Waals surface area contributed by atoms with Crippen molar-refractivity contribution in [3.8, 4) is 5.75 Å². The van der Waals surface area contributed by atoms with E-state index in [-0.39, 0.29) is 18.6 Å². The number of nitrogens with zero attached hydrogens (tertiary/aromatic N) is 1. The predicted molar refractivity (Wildman–Crippen MR) is 96.5 cm³/mol. The lowest BCUT2D eigenvalue weighted by atomic mass is 10.1. The van der Waals surface area contributed by atoms with Crippen LogP contribution < -0.4 is 10.1 Å². The predicted octanol–water partition coefficient (Wildman–Crippen LogP) is 2.39. The lowest BCUT2D eigenvalue weighted by Gasteiger charge is -2.31. The third-order valence-corrected chi connectivity index (χ3v) is 4.25. The highest BCUT2D eigenvalue weighted by molar-refractivity contribution is 5.78. The summed E-state index contributed by atoms with van der Waals surface area (Å²) < 4.78 is 24.0. The molecule has 1 amide bonds. The number of benzene rings is 2. The van der Waals surface area contributed by atoms with Crippen LogP contribution in [-0.4, -0.2) is 50.3 Å². The van der Waals surface area contributed by atoms with Crippen molar-refractivity contribution in [2.24, 2.45) is 0 Å². The van der Waals surface area contributed by atoms with Gasteiger partial charge in [0.2, 0.25) is 0 Å². The molecule has 1 aliphatic heterocycles. The first-order valence-electron chi connectivity index (χ1n) is 8.73. The number of halogens is 1. The van der Waals surface area contributed by atoms with Crippen LogP contribution in [0.1, 0.15) is 11.6 Å². The second kappa shape index (κ2) is 9.31. The minimum atomic E-state index is -0.391. The highest BCUT2D eigenvalue weighted by Crippen LogP contribution is 2.16. The molecule has 0 aliphatic carbocycles. The number of nitrogens with one attached hydrogen (secondary N) is 1. The number of ether oxygens (including phenoxy) is 2. The van der Waals surface area contributed by atoms with Crippen LogP contribution in [0.25, 0.3) is 0 Å². The number of amides is 1. The lowest BCUT2D eigenvalue weighted by molar-refractivity contribution is -0.124. The molecule has 2 aromatic rings. The van der Waals surface area contributed by atoms with Crippen LogP contribution in [0.3, 0.4) is 0 Å². The number of carbonyl (C=O) groups excluding carboxylic acids is 1. The zero-order valence-corrected chi connectivity index (χ0v) is 14.6. The van der Waals surface area contributed by atoms with Gasteiger partial charge in [0.1, 0.15) is 11.6 Å². The molecule has 1 aliphatic rings. The van der Waals surface area contributed by atoms with Gasteiger partial charge in [-0.15, -0.1) is 0 Å². The molecule has 0 saturated carbocycles. The fourth-order valence-electron chi connectivity index (χ4n) is 2.90. The molecule has 6 heteroatoms. The van der Waals surface area contributed by atoms with Crippen LogP contribution in [0.2, 0.25) is 0 Å². The van der Waals surface area contributed by atoms with Crippen LogP contribution in [0, 0.1) is 5.82 Å². The Morgan fingerprint density at radius 1 is 1.15 bits per heavy atom. The summed E-state index contributed by atoms with van der Waals surface area (Å²) in [7, 11) is 0. The van der Waals surface area contributed by atoms with Gasteiger partial charge in [-0.3, -0.25) is 9.69 Å². The Balaban J connectivity index is 1.59. The molecule has 2 aromatic carbocycles. The van der Waals surface area contributed by atoms with Crippen LogP contribution in [0.4, 0.5) is 4.39 Å². The number of rotatable bonds is 7. The summed E-state index contributed by atoms with van der Waals surface area (Å²) in [5.74, 6) is -0.293. The summed E-state index contributed by atoms with van der Waals surface area (Å²) >= 11 is 0. The van der Waals surface area contributed by atoms with Crippen molar-refractivity contribution in [1.82, 2.24) is 10.2 Å². The van der Waals surface area contributed by atoms with Gasteiger partial charge in [0, 0.05) is 25.7 Å². The number of hydrogen-bond donors (Lipinski definition) is 1. The minimum Gasteiger partial charge on any atom is -0.484 e. The molecule has 5 nitrogen and oxygen atoms in total. The van der Waals surface area contributed by atoms with Crippen molar-refractivity contribution in [3.63, 3.8) is 0 Å². The fraction of sp³-hybridized carbons (Fsp3) is 0.350. The van der Waals surface area contributed by atoms with E-state index in [4.69, 9.17) is 9.47 Å². The van der Waals surface area contributed by atoms with E-state index in [1.807, 2.05) is 30.3 Å². The normalized spacial score (nSPS) is 16.0. The molecule has 1 heterocycles. The molecule has 26 heavy (non-hydrogen) atoms. The Morgan fingerprint density at radius 3 is 2.65 bits per heavy atom. The van der Waals surface area contributed by atoms with Crippen molar-refractivity contribution in [3.05, 3.63) is 66.0 Å². The number of carbonyl (C=O) groups is 1. The van der Waals surface area contributed by atoms with Gasteiger partial charge in [0.05, 0.1) is 19.3 Å². The fourth-order valence-corrected chi connectivity index (χ4v) is 2.90. The molecular formula is C20H23FN2O3. The van der Waals surface area contributed by atoms with Crippen LogP contribution >= 0.6 is 0 Å². The van der Waals surface area contributed by atoms with Crippen molar-refractivity contribution >= 4 is 5.91 Å². The second-order valence-electron chi connectivity index (χ2n) is 6.19. The first kappa shape index (κ1) is 18.4. The summed E-state index contributed by atoms with van der Waals surface area (Å²) in [6.45, 7) is 3.66. The molecule has 138 valence electrons. The third-order valence-electron chi connectivity index (χ3n) is 4.25. The zero-order chi connectivity index (χ0) is 18.2. The van der Waals surface area contributed by atoms with Gasteiger partial charge >= 0.3 is 0 Å². The number of hydrogen-bond acceptors (Lipinski definition) is 4. The average molecular weight is 358 g/mol. The highest BCUT2D eigenvalue weighted by atomic mass is 19.1. The second-order valence-corrected chi connectivity index (χ2v) is 6.19. The maximum atomic E-state index is 13.2. The molecule has 1 N–H and O–H groups in total. The maximum absolute atomic E-state index is 13.2. The molecule has 0 radical (unpaired) electrons. The molecule has 1 saturated heterocycles. The minimum absolute atomic E-state index is 0.141. The smallest absolute Gasteiger partial charge is 0.258 e. The monoisotopic (exact) mass is 358 g/mol. The van der Waals surface area contributed by atoms with Gasteiger partial charge in [-0.2, -0.15) is 0 Å². The van der Waals surface area contributed by atoms with Gasteiger partial charge in [0.15, 0.2) is 6.61 Å². The Bertz CT molecular complexity index is 705. The summed E-state index contributed by atoms with van der Waals surface area (Å²) in [6.07, 6.45) is 0. The van der Waals surface area contributed by atoms with Gasteiger partial charge in [0.25, 0.3) is 5.91 Å². The van der Waals surface area contributed by atoms with Crippen LogP contribution in [-0.2, 0) is 9.53 Å². The van der Waals surface area contributed by atoms with Gasteiger partial charge in [-0.1, -0.05) is 36.4 Å². The van der Waals surface area contributed by atoms with E-state index in [1.165, 1.54) is 12.1 Å². The van der Waals surface area contributed by atoms with E-state index in [9.17, 15) is 9.18 Å². The first-order valence-corrected chi connectivity index (χ1v) is 8.73. The van der Waals surface area contributed by atoms with Crippen molar-refractivity contribution in [1.29, 1.82) is 0 Å². The van der Waals surface area contributed by atoms with E-state index in [2.05, 4.69) is 10.2 Å². The average Bonchev–Trinajstić information content (AvgIpc) is 2.67. The molecule has 0 aromatic heterocycles. The SMILES string of the molecule is O=C(COc1cccc(F)c1)NC(CN1CCOCC1)c1ccccc1. The van der Waals surface area contributed by atoms with Gasteiger partial charge < -0.3 is 14.8 Å². The largest absolute Gasteiger partial charge is 0.484 e. The molecule has 1 atom stereocenters. The van der Waals surface area contributed by atoms with Crippen LogP contribution in [0.5, 0.6) is 5.75 Å². The summed E-state index contributed by atoms with van der Waals surface area (Å²) in [4.78, 5) is 14.6. The highest BCUT2D eigenvalue weighted by Gasteiger charge is 2.20. The lowest BCUT2D eigenvalue weighted by Crippen LogP contribution is -2.44. The number of morpholine rings is 1. The van der Waals surface area contributed by atoms with E-state index in [1.54, 1.807) is 12.1 Å². The molecular weight excluding hydrogens is 335 g/mol. The summed E-state index contributed by atoms with van der Waals surface area (Å²) in [5.41, 5.74) is 1.04. The Kier molecular flexibility index (Phi) is 6.57. The topological polar surface area (TPSA) is 50.8 Å². The van der Waals surface area contributed by atoms with Crippen molar-refractivity contribution < 1.29 is 18.7 Å². The molecule has 1 unspecified atom stereocenters. The first-order chi connectivity index (χ1) is 12.7. The standard InChI is InChI=1S/C20H23FN2O3/c21-17-7-4-8-18(13-17)26-15-20(24)22-19(16-5-2-1-3-6-16)14-23-9-11-25-12-10-23/h1-8,13,19H,9-12,14-15H2,(H,22,24). The molecule has 3 rings (SSSR count). The van der Waals surface area contributed by atoms with Gasteiger partial charge in [-0.25, -0.2) is 4.39 Å². The van der Waals surface area contributed by atoms with E-state index in [0.29, 0.717) is 25.5 Å². The van der Waals surface area contributed by atoms with E-state index >= 15 is 0 Å². The Labute approximate surface area is 152 Å². The summed E-state index contributed by atoms with van der Waals surface area (Å²) in [6, 6.07) is 15.5. The third kappa shape index (κ3) is 5.54. The molecule has 0 spiro atoms. The van der Waals surface area contributed by atoms with E-state index in [0.717, 1.165) is 18.7 Å². The zero-order valence-electron chi connectivity index (χ0n) is 14.6. The van der Waals surface area contributed by atoms with Gasteiger partial charge in [-0.05, 0) is 17.7 Å². The van der Waals surface area contributed by atoms with Crippen molar-refractivity contribution in [2.45, 2.75) is 6.04 Å². The van der Waals surface area contributed by atoms with Crippen molar-refractivity contribution in [2.75, 3.05) is 39.5 Å². The molecule has 1 fully saturated rings. The van der Waals surface area contributed by atoms with Crippen LogP contribution in [0.15, 0.2) is 54.6 Å². The summed E-state index contributed by atoms with van der Waals surface area (Å²) in [5, 5.41) is 3.03. The Morgan fingerprint density at radius 2 is 1.92 bits per heavy atom.